The molecule has 0 atom stereocenters. The van der Waals surface area contributed by atoms with Crippen molar-refractivity contribution in [2.75, 3.05) is 0 Å². The van der Waals surface area contributed by atoms with Crippen LogP contribution in [0.5, 0.6) is 0 Å². The molecule has 1 aromatic heterocycles. The van der Waals surface area contributed by atoms with Gasteiger partial charge in [-0.25, -0.2) is 8.78 Å². The van der Waals surface area contributed by atoms with Crippen molar-refractivity contribution in [2.24, 2.45) is 0 Å². The lowest BCUT2D eigenvalue weighted by Crippen LogP contribution is -1.98. The van der Waals surface area contributed by atoms with Gasteiger partial charge in [0.25, 0.3) is 0 Å². The van der Waals surface area contributed by atoms with Gasteiger partial charge in [0, 0.05) is 18.0 Å². The van der Waals surface area contributed by atoms with Crippen molar-refractivity contribution in [2.45, 2.75) is 6.92 Å². The van der Waals surface area contributed by atoms with E-state index in [1.165, 1.54) is 4.57 Å². The number of aromatic nitrogens is 2. The molecule has 84 valence electrons. The molecule has 16 heavy (non-hydrogen) atoms. The van der Waals surface area contributed by atoms with Gasteiger partial charge in [0.05, 0.1) is 10.2 Å². The van der Waals surface area contributed by atoms with Crippen LogP contribution in [0.25, 0.3) is 5.69 Å². The third-order valence-electron chi connectivity index (χ3n) is 2.09. The van der Waals surface area contributed by atoms with Crippen molar-refractivity contribution < 1.29 is 8.78 Å². The Labute approximate surface area is 104 Å². The van der Waals surface area contributed by atoms with Crippen molar-refractivity contribution in [3.63, 3.8) is 0 Å². The van der Waals surface area contributed by atoms with Crippen molar-refractivity contribution in [3.05, 3.63) is 44.9 Å². The largest absolute Gasteiger partial charge is 0.335 e. The normalized spacial score (nSPS) is 10.8. The zero-order chi connectivity index (χ0) is 11.9. The Morgan fingerprint density at radius 2 is 2.00 bits per heavy atom. The molecule has 0 spiro atoms. The van der Waals surface area contributed by atoms with E-state index in [1.807, 2.05) is 0 Å². The lowest BCUT2D eigenvalue weighted by atomic mass is 10.3. The minimum Gasteiger partial charge on any atom is -0.335 e. The Morgan fingerprint density at radius 3 is 2.56 bits per heavy atom. The summed E-state index contributed by atoms with van der Waals surface area (Å²) in [6.45, 7) is 1.79. The van der Waals surface area contributed by atoms with Gasteiger partial charge in [0.1, 0.15) is 11.6 Å². The van der Waals surface area contributed by atoms with Gasteiger partial charge in [-0.2, -0.15) is 0 Å². The maximum absolute atomic E-state index is 13.6. The number of H-pyrrole nitrogens is 1. The molecule has 0 unspecified atom stereocenters. The van der Waals surface area contributed by atoms with Gasteiger partial charge in [-0.3, -0.25) is 4.57 Å². The van der Waals surface area contributed by atoms with Crippen molar-refractivity contribution in [1.29, 1.82) is 0 Å². The molecule has 1 heterocycles. The van der Waals surface area contributed by atoms with Crippen LogP contribution >= 0.6 is 28.1 Å². The highest BCUT2D eigenvalue weighted by Gasteiger charge is 2.11. The van der Waals surface area contributed by atoms with Crippen molar-refractivity contribution in [1.82, 2.24) is 9.55 Å². The molecule has 2 rings (SSSR count). The molecule has 6 heteroatoms. The molecule has 0 aliphatic rings. The predicted octanol–water partition coefficient (Wildman–Crippen LogP) is 3.88. The quantitative estimate of drug-likeness (QED) is 0.626. The number of rotatable bonds is 1. The van der Waals surface area contributed by atoms with Crippen LogP contribution in [0.4, 0.5) is 8.78 Å². The Kier molecular flexibility index (Phi) is 2.94. The standard InChI is InChI=1S/C10H7BrF2N2S/c1-5-4-15(10(16)14-5)9-3-7(12)6(11)2-8(9)13/h2-4H,1H3,(H,14,16). The maximum atomic E-state index is 13.6. The summed E-state index contributed by atoms with van der Waals surface area (Å²) in [7, 11) is 0. The number of nitrogens with zero attached hydrogens (tertiary/aromatic N) is 1. The molecule has 0 fully saturated rings. The predicted molar refractivity (Wildman–Crippen MR) is 63.3 cm³/mol. The topological polar surface area (TPSA) is 20.7 Å². The molecule has 0 aliphatic heterocycles. The molecule has 0 saturated carbocycles. The number of aromatic amines is 1. The highest BCUT2D eigenvalue weighted by atomic mass is 79.9. The highest BCUT2D eigenvalue weighted by Crippen LogP contribution is 2.23. The Morgan fingerprint density at radius 1 is 1.31 bits per heavy atom. The van der Waals surface area contributed by atoms with Gasteiger partial charge in [0.15, 0.2) is 4.77 Å². The Balaban J connectivity index is 2.69. The van der Waals surface area contributed by atoms with Gasteiger partial charge in [0.2, 0.25) is 0 Å². The molecule has 2 aromatic rings. The molecule has 2 nitrogen and oxygen atoms in total. The van der Waals surface area contributed by atoms with E-state index in [2.05, 4.69) is 20.9 Å². The molecule has 1 aromatic carbocycles. The number of benzene rings is 1. The monoisotopic (exact) mass is 304 g/mol. The average Bonchev–Trinajstić information content (AvgIpc) is 2.51. The van der Waals surface area contributed by atoms with Crippen LogP contribution in [-0.4, -0.2) is 9.55 Å². The zero-order valence-electron chi connectivity index (χ0n) is 8.22. The van der Waals surface area contributed by atoms with E-state index in [4.69, 9.17) is 12.2 Å². The second-order valence-corrected chi connectivity index (χ2v) is 4.57. The first-order chi connectivity index (χ1) is 7.49. The fourth-order valence-electron chi connectivity index (χ4n) is 1.39. The van der Waals surface area contributed by atoms with Crippen molar-refractivity contribution in [3.8, 4) is 5.69 Å². The lowest BCUT2D eigenvalue weighted by molar-refractivity contribution is 0.587. The van der Waals surface area contributed by atoms with Gasteiger partial charge in [-0.1, -0.05) is 0 Å². The first-order valence-corrected chi connectivity index (χ1v) is 5.62. The van der Waals surface area contributed by atoms with E-state index in [0.29, 0.717) is 4.77 Å². The highest BCUT2D eigenvalue weighted by molar-refractivity contribution is 9.10. The van der Waals surface area contributed by atoms with Gasteiger partial charge in [-0.15, -0.1) is 0 Å². The summed E-state index contributed by atoms with van der Waals surface area (Å²) in [5.74, 6) is -1.07. The van der Waals surface area contributed by atoms with Crippen LogP contribution in [0, 0.1) is 23.3 Å². The van der Waals surface area contributed by atoms with E-state index in [-0.39, 0.29) is 10.2 Å². The van der Waals surface area contributed by atoms with Crippen LogP contribution in [0.3, 0.4) is 0 Å². The molecule has 0 bridgehead atoms. The molecule has 0 amide bonds. The number of imidazole rings is 1. The summed E-state index contributed by atoms with van der Waals surface area (Å²) in [5.41, 5.74) is 0.878. The van der Waals surface area contributed by atoms with Crippen molar-refractivity contribution >= 4 is 28.1 Å². The summed E-state index contributed by atoms with van der Waals surface area (Å²) < 4.78 is 28.8. The minimum atomic E-state index is -0.539. The molecule has 0 radical (unpaired) electrons. The van der Waals surface area contributed by atoms with Gasteiger partial charge in [-0.05, 0) is 41.1 Å². The van der Waals surface area contributed by atoms with Gasteiger partial charge < -0.3 is 4.98 Å². The zero-order valence-corrected chi connectivity index (χ0v) is 10.6. The fourth-order valence-corrected chi connectivity index (χ4v) is 2.02. The third-order valence-corrected chi connectivity index (χ3v) is 3.00. The first kappa shape index (κ1) is 11.5. The van der Waals surface area contributed by atoms with Crippen LogP contribution in [-0.2, 0) is 0 Å². The molecular formula is C10H7BrF2N2S. The number of halogens is 3. The van der Waals surface area contributed by atoms with E-state index in [1.54, 1.807) is 13.1 Å². The average molecular weight is 305 g/mol. The summed E-state index contributed by atoms with van der Waals surface area (Å²) in [5, 5.41) is 0. The molecule has 1 N–H and O–H groups in total. The number of nitrogens with one attached hydrogen (secondary N) is 1. The van der Waals surface area contributed by atoms with E-state index in [9.17, 15) is 8.78 Å². The summed E-state index contributed by atoms with van der Waals surface area (Å²) in [6, 6.07) is 2.18. The first-order valence-electron chi connectivity index (χ1n) is 4.42. The number of hydrogen-bond acceptors (Lipinski definition) is 1. The van der Waals surface area contributed by atoms with Gasteiger partial charge >= 0.3 is 0 Å². The van der Waals surface area contributed by atoms with Crippen LogP contribution in [0.1, 0.15) is 5.69 Å². The van der Waals surface area contributed by atoms with Crippen LogP contribution in [0.2, 0.25) is 0 Å². The van der Waals surface area contributed by atoms with E-state index in [0.717, 1.165) is 17.8 Å². The smallest absolute Gasteiger partial charge is 0.182 e. The fraction of sp³-hybridized carbons (Fsp3) is 0.100. The van der Waals surface area contributed by atoms with Crippen LogP contribution < -0.4 is 0 Å². The second kappa shape index (κ2) is 4.10. The minimum absolute atomic E-state index is 0.0903. The van der Waals surface area contributed by atoms with Crippen LogP contribution in [0.15, 0.2) is 22.8 Å². The van der Waals surface area contributed by atoms with E-state index >= 15 is 0 Å². The molecule has 0 saturated heterocycles. The van der Waals surface area contributed by atoms with E-state index < -0.39 is 11.6 Å². The maximum Gasteiger partial charge on any atom is 0.182 e. The third kappa shape index (κ3) is 1.94. The SMILES string of the molecule is Cc1cn(-c2cc(F)c(Br)cc2F)c(=S)[nH]1. The number of hydrogen-bond donors (Lipinski definition) is 1. The second-order valence-electron chi connectivity index (χ2n) is 3.33. The summed E-state index contributed by atoms with van der Waals surface area (Å²) in [4.78, 5) is 2.84. The number of aryl methyl sites for hydroxylation is 1. The molecule has 0 aliphatic carbocycles. The molecular weight excluding hydrogens is 298 g/mol. The Hall–Kier alpha value is -1.01. The summed E-state index contributed by atoms with van der Waals surface area (Å²) in [6.07, 6.45) is 1.62. The summed E-state index contributed by atoms with van der Waals surface area (Å²) >= 11 is 7.92. The lowest BCUT2D eigenvalue weighted by Gasteiger charge is -2.05. The Bertz CT molecular complexity index is 603.